The highest BCUT2D eigenvalue weighted by atomic mass is 32.2. The molecule has 0 radical (unpaired) electrons. The molecule has 1 heterocycles. The summed E-state index contributed by atoms with van der Waals surface area (Å²) >= 11 is 1.17. The Morgan fingerprint density at radius 2 is 2.11 bits per heavy atom. The topological polar surface area (TPSA) is 119 Å². The fraction of sp³-hybridized carbons (Fsp3) is 0.353. The van der Waals surface area contributed by atoms with Gasteiger partial charge < -0.3 is 14.7 Å². The molecule has 0 spiro atoms. The molecule has 0 fully saturated rings. The third-order valence-electron chi connectivity index (χ3n) is 3.89. The summed E-state index contributed by atoms with van der Waals surface area (Å²) in [6.45, 7) is 3.51. The van der Waals surface area contributed by atoms with Gasteiger partial charge in [0.15, 0.2) is 5.82 Å². The fourth-order valence-corrected chi connectivity index (χ4v) is 3.01. The Kier molecular flexibility index (Phi) is 6.94. The van der Waals surface area contributed by atoms with Crippen LogP contribution >= 0.6 is 11.8 Å². The van der Waals surface area contributed by atoms with Crippen molar-refractivity contribution in [3.8, 4) is 0 Å². The average molecular weight is 392 g/mol. The molecular formula is C17H20N4O5S. The minimum atomic E-state index is -0.469. The Morgan fingerprint density at radius 3 is 2.74 bits per heavy atom. The number of benzene rings is 1. The predicted molar refractivity (Wildman–Crippen MR) is 101 cm³/mol. The molecule has 2 amide bonds. The molecule has 10 heteroatoms. The molecule has 1 aromatic carbocycles. The van der Waals surface area contributed by atoms with Crippen LogP contribution in [0.3, 0.4) is 0 Å². The second-order valence-corrected chi connectivity index (χ2v) is 6.88. The van der Waals surface area contributed by atoms with Gasteiger partial charge in [-0.3, -0.25) is 19.7 Å². The van der Waals surface area contributed by atoms with Gasteiger partial charge in [0.25, 0.3) is 5.69 Å². The number of carbonyl (C=O) groups is 2. The molecule has 9 nitrogen and oxygen atoms in total. The average Bonchev–Trinajstić information content (AvgIpc) is 3.04. The molecule has 1 aromatic heterocycles. The molecule has 0 aliphatic rings. The summed E-state index contributed by atoms with van der Waals surface area (Å²) in [5.74, 6) is 0.669. The highest BCUT2D eigenvalue weighted by Crippen LogP contribution is 2.23. The number of nitro benzene ring substituents is 1. The number of nitro groups is 1. The zero-order valence-corrected chi connectivity index (χ0v) is 16.0. The molecule has 2 aromatic rings. The summed E-state index contributed by atoms with van der Waals surface area (Å²) < 4.78 is 4.86. The van der Waals surface area contributed by atoms with Crippen molar-refractivity contribution in [3.05, 3.63) is 51.8 Å². The molecule has 0 aliphatic heterocycles. The molecule has 0 saturated heterocycles. The lowest BCUT2D eigenvalue weighted by Gasteiger charge is -2.25. The first kappa shape index (κ1) is 20.4. The molecule has 2 rings (SSSR count). The number of nitrogens with one attached hydrogen (secondary N) is 1. The number of hydrogen-bond donors (Lipinski definition) is 1. The molecule has 1 unspecified atom stereocenters. The highest BCUT2D eigenvalue weighted by Gasteiger charge is 2.19. The van der Waals surface area contributed by atoms with Gasteiger partial charge >= 0.3 is 0 Å². The second-order valence-electron chi connectivity index (χ2n) is 5.90. The van der Waals surface area contributed by atoms with Gasteiger partial charge in [0.1, 0.15) is 5.76 Å². The van der Waals surface area contributed by atoms with E-state index in [2.05, 4.69) is 10.5 Å². The molecular weight excluding hydrogens is 372 g/mol. The van der Waals surface area contributed by atoms with Crippen molar-refractivity contribution in [1.82, 2.24) is 10.1 Å². The van der Waals surface area contributed by atoms with E-state index in [0.717, 1.165) is 0 Å². The van der Waals surface area contributed by atoms with Crippen LogP contribution < -0.4 is 5.32 Å². The summed E-state index contributed by atoms with van der Waals surface area (Å²) in [5.41, 5.74) is 0.651. The Morgan fingerprint density at radius 1 is 1.37 bits per heavy atom. The summed E-state index contributed by atoms with van der Waals surface area (Å²) in [7, 11) is 1.63. The first-order valence-corrected chi connectivity index (χ1v) is 9.24. The molecule has 27 heavy (non-hydrogen) atoms. The lowest BCUT2D eigenvalue weighted by Crippen LogP contribution is -2.31. The van der Waals surface area contributed by atoms with Crippen molar-refractivity contribution in [2.24, 2.45) is 0 Å². The van der Waals surface area contributed by atoms with E-state index in [1.54, 1.807) is 39.1 Å². The number of thioether (sulfide) groups is 1. The number of rotatable bonds is 8. The first-order valence-electron chi connectivity index (χ1n) is 8.09. The van der Waals surface area contributed by atoms with Gasteiger partial charge in [-0.1, -0.05) is 17.3 Å². The smallest absolute Gasteiger partial charge is 0.269 e. The summed E-state index contributed by atoms with van der Waals surface area (Å²) in [6.07, 6.45) is 0. The van der Waals surface area contributed by atoms with Gasteiger partial charge in [0, 0.05) is 25.2 Å². The molecule has 0 bridgehead atoms. The molecule has 1 atom stereocenters. The maximum atomic E-state index is 12.3. The number of aromatic nitrogens is 1. The quantitative estimate of drug-likeness (QED) is 0.542. The third-order valence-corrected chi connectivity index (χ3v) is 4.81. The van der Waals surface area contributed by atoms with Crippen molar-refractivity contribution in [2.45, 2.75) is 19.9 Å². The lowest BCUT2D eigenvalue weighted by molar-refractivity contribution is -0.384. The number of amides is 2. The van der Waals surface area contributed by atoms with Crippen molar-refractivity contribution < 1.29 is 19.0 Å². The van der Waals surface area contributed by atoms with Crippen molar-refractivity contribution in [1.29, 1.82) is 0 Å². The van der Waals surface area contributed by atoms with Gasteiger partial charge in [-0.15, -0.1) is 11.8 Å². The third kappa shape index (κ3) is 5.81. The van der Waals surface area contributed by atoms with Crippen LogP contribution in [-0.4, -0.2) is 45.3 Å². The minimum Gasteiger partial charge on any atom is -0.360 e. The highest BCUT2D eigenvalue weighted by molar-refractivity contribution is 8.00. The van der Waals surface area contributed by atoms with E-state index in [0.29, 0.717) is 17.1 Å². The minimum absolute atomic E-state index is 0.0191. The van der Waals surface area contributed by atoms with E-state index in [4.69, 9.17) is 4.52 Å². The molecule has 0 saturated carbocycles. The zero-order chi connectivity index (χ0) is 20.0. The van der Waals surface area contributed by atoms with Crippen molar-refractivity contribution in [2.75, 3.05) is 23.9 Å². The van der Waals surface area contributed by atoms with E-state index < -0.39 is 4.92 Å². The van der Waals surface area contributed by atoms with Gasteiger partial charge in [-0.05, 0) is 19.4 Å². The van der Waals surface area contributed by atoms with E-state index >= 15 is 0 Å². The van der Waals surface area contributed by atoms with Gasteiger partial charge in [0.2, 0.25) is 11.8 Å². The molecule has 0 aliphatic carbocycles. The van der Waals surface area contributed by atoms with Crippen LogP contribution in [-0.2, 0) is 9.59 Å². The Bertz CT molecular complexity index is 838. The first-order chi connectivity index (χ1) is 12.8. The monoisotopic (exact) mass is 392 g/mol. The second kappa shape index (κ2) is 9.17. The number of aryl methyl sites for hydroxylation is 1. The zero-order valence-electron chi connectivity index (χ0n) is 15.2. The van der Waals surface area contributed by atoms with Crippen LogP contribution in [0.15, 0.2) is 34.9 Å². The Hall–Kier alpha value is -2.88. The maximum Gasteiger partial charge on any atom is 0.269 e. The SMILES string of the molecule is Cc1cc(NC(=O)CSCC(=O)N(C)C(C)c2cccc([N+](=O)[O-])c2)no1. The molecule has 144 valence electrons. The number of nitrogens with zero attached hydrogens (tertiary/aromatic N) is 3. The number of carbonyl (C=O) groups excluding carboxylic acids is 2. The van der Waals surface area contributed by atoms with E-state index in [1.807, 2.05) is 0 Å². The van der Waals surface area contributed by atoms with Crippen LogP contribution in [0.25, 0.3) is 0 Å². The lowest BCUT2D eigenvalue weighted by atomic mass is 10.1. The fourth-order valence-electron chi connectivity index (χ4n) is 2.27. The van der Waals surface area contributed by atoms with E-state index in [-0.39, 0.29) is 35.0 Å². The van der Waals surface area contributed by atoms with Gasteiger partial charge in [-0.2, -0.15) is 0 Å². The standard InChI is InChI=1S/C17H20N4O5S/c1-11-7-15(19-26-11)18-16(22)9-27-10-17(23)20(3)12(2)13-5-4-6-14(8-13)21(24)25/h4-8,12H,9-10H2,1-3H3,(H,18,19,22). The van der Waals surface area contributed by atoms with Crippen LogP contribution in [0.4, 0.5) is 11.5 Å². The predicted octanol–water partition coefficient (Wildman–Crippen LogP) is 2.78. The van der Waals surface area contributed by atoms with Crippen LogP contribution in [0.5, 0.6) is 0 Å². The summed E-state index contributed by atoms with van der Waals surface area (Å²) in [5, 5.41) is 17.1. The van der Waals surface area contributed by atoms with Crippen LogP contribution in [0.2, 0.25) is 0 Å². The van der Waals surface area contributed by atoms with Crippen LogP contribution in [0, 0.1) is 17.0 Å². The van der Waals surface area contributed by atoms with E-state index in [1.165, 1.54) is 28.8 Å². The summed E-state index contributed by atoms with van der Waals surface area (Å²) in [6, 6.07) is 7.46. The normalized spacial score (nSPS) is 11.7. The Labute approximate surface area is 160 Å². The summed E-state index contributed by atoms with van der Waals surface area (Å²) in [4.78, 5) is 36.1. The van der Waals surface area contributed by atoms with E-state index in [9.17, 15) is 19.7 Å². The maximum absolute atomic E-state index is 12.3. The Balaban J connectivity index is 1.83. The van der Waals surface area contributed by atoms with Gasteiger partial charge in [0.05, 0.1) is 22.5 Å². The van der Waals surface area contributed by atoms with Crippen LogP contribution in [0.1, 0.15) is 24.3 Å². The molecule has 1 N–H and O–H groups in total. The number of non-ortho nitro benzene ring substituents is 1. The largest absolute Gasteiger partial charge is 0.360 e. The van der Waals surface area contributed by atoms with Crippen molar-refractivity contribution in [3.63, 3.8) is 0 Å². The number of anilines is 1. The number of hydrogen-bond acceptors (Lipinski definition) is 7. The van der Waals surface area contributed by atoms with Crippen molar-refractivity contribution >= 4 is 35.1 Å². The van der Waals surface area contributed by atoms with Gasteiger partial charge in [-0.25, -0.2) is 0 Å².